The van der Waals surface area contributed by atoms with Gasteiger partial charge in [-0.15, -0.1) is 0 Å². The number of fused-ring (bicyclic) bond motifs is 1. The molecule has 2 heterocycles. The van der Waals surface area contributed by atoms with Crippen LogP contribution in [0.3, 0.4) is 0 Å². The van der Waals surface area contributed by atoms with Crippen LogP contribution in [-0.4, -0.2) is 36.6 Å². The van der Waals surface area contributed by atoms with Crippen LogP contribution in [-0.2, 0) is 4.74 Å². The van der Waals surface area contributed by atoms with Gasteiger partial charge in [-0.3, -0.25) is 4.79 Å². The Morgan fingerprint density at radius 1 is 1.28 bits per heavy atom. The number of benzene rings is 1. The number of nitriles is 1. The summed E-state index contributed by atoms with van der Waals surface area (Å²) in [7, 11) is 1.21. The van der Waals surface area contributed by atoms with Gasteiger partial charge >= 0.3 is 5.97 Å². The van der Waals surface area contributed by atoms with E-state index in [1.165, 1.54) is 24.8 Å². The van der Waals surface area contributed by atoms with Crippen molar-refractivity contribution in [2.24, 2.45) is 0 Å². The Morgan fingerprint density at radius 2 is 1.92 bits per heavy atom. The largest absolute Gasteiger partial charge is 0.486 e. The number of methoxy groups -OCH3 is 1. The summed E-state index contributed by atoms with van der Waals surface area (Å²) in [6, 6.07) is 5.05. The van der Waals surface area contributed by atoms with E-state index in [4.69, 9.17) is 19.9 Å². The third-order valence-corrected chi connectivity index (χ3v) is 3.84. The van der Waals surface area contributed by atoms with E-state index in [0.29, 0.717) is 36.0 Å². The van der Waals surface area contributed by atoms with Crippen LogP contribution in [0.25, 0.3) is 5.69 Å². The standard InChI is InChI=1S/C17H15N3O5/c1-9(21)11-5-13-14(25-4-3-24-13)6-12(11)20-8-10(7-18)15(19)16(20)17(22)23-2/h5-6,8H,3-4,19H2,1-2H3. The van der Waals surface area contributed by atoms with Gasteiger partial charge in [-0.25, -0.2) is 4.79 Å². The van der Waals surface area contributed by atoms with Gasteiger partial charge in [0, 0.05) is 17.8 Å². The van der Waals surface area contributed by atoms with Crippen molar-refractivity contribution >= 4 is 17.4 Å². The van der Waals surface area contributed by atoms with Crippen molar-refractivity contribution in [3.8, 4) is 23.3 Å². The zero-order valence-electron chi connectivity index (χ0n) is 13.7. The molecule has 2 N–H and O–H groups in total. The Labute approximate surface area is 143 Å². The van der Waals surface area contributed by atoms with Gasteiger partial charge in [-0.05, 0) is 13.0 Å². The number of ether oxygens (including phenoxy) is 3. The first-order valence-electron chi connectivity index (χ1n) is 7.42. The summed E-state index contributed by atoms with van der Waals surface area (Å²) in [6.45, 7) is 2.14. The summed E-state index contributed by atoms with van der Waals surface area (Å²) in [5, 5.41) is 9.22. The normalized spacial score (nSPS) is 12.4. The summed E-state index contributed by atoms with van der Waals surface area (Å²) in [6.07, 6.45) is 1.39. The molecule has 8 heteroatoms. The third kappa shape index (κ3) is 2.65. The molecule has 0 saturated carbocycles. The number of hydrogen-bond donors (Lipinski definition) is 1. The molecule has 25 heavy (non-hydrogen) atoms. The van der Waals surface area contributed by atoms with Crippen LogP contribution in [0, 0.1) is 11.3 Å². The molecule has 8 nitrogen and oxygen atoms in total. The summed E-state index contributed by atoms with van der Waals surface area (Å²) >= 11 is 0. The lowest BCUT2D eigenvalue weighted by molar-refractivity contribution is 0.0592. The zero-order chi connectivity index (χ0) is 18.1. The molecule has 0 radical (unpaired) electrons. The minimum absolute atomic E-state index is 0.0151. The first-order chi connectivity index (χ1) is 12.0. The second-order valence-electron chi connectivity index (χ2n) is 5.35. The van der Waals surface area contributed by atoms with Crippen molar-refractivity contribution in [3.63, 3.8) is 0 Å². The van der Waals surface area contributed by atoms with E-state index in [2.05, 4.69) is 0 Å². The molecular formula is C17H15N3O5. The number of nitrogens with two attached hydrogens (primary N) is 1. The van der Waals surface area contributed by atoms with Crippen LogP contribution in [0.5, 0.6) is 11.5 Å². The number of rotatable bonds is 3. The lowest BCUT2D eigenvalue weighted by atomic mass is 10.1. The van der Waals surface area contributed by atoms with Gasteiger partial charge in [0.1, 0.15) is 19.3 Å². The molecule has 2 aromatic rings. The minimum Gasteiger partial charge on any atom is -0.486 e. The lowest BCUT2D eigenvalue weighted by Crippen LogP contribution is -2.18. The Morgan fingerprint density at radius 3 is 2.48 bits per heavy atom. The van der Waals surface area contributed by atoms with Gasteiger partial charge in [-0.1, -0.05) is 0 Å². The molecule has 0 aliphatic carbocycles. The first kappa shape index (κ1) is 16.4. The average molecular weight is 341 g/mol. The summed E-state index contributed by atoms with van der Waals surface area (Å²) in [5.41, 5.74) is 6.62. The van der Waals surface area contributed by atoms with Crippen LogP contribution in [0.15, 0.2) is 18.3 Å². The molecule has 128 valence electrons. The van der Waals surface area contributed by atoms with Gasteiger partial charge in [0.25, 0.3) is 0 Å². The maximum atomic E-state index is 12.2. The van der Waals surface area contributed by atoms with E-state index < -0.39 is 5.97 Å². The molecule has 0 atom stereocenters. The number of hydrogen-bond acceptors (Lipinski definition) is 7. The molecule has 1 aromatic carbocycles. The van der Waals surface area contributed by atoms with Gasteiger partial charge in [0.05, 0.1) is 24.0 Å². The molecule has 0 bridgehead atoms. The van der Waals surface area contributed by atoms with E-state index in [0.717, 1.165) is 0 Å². The van der Waals surface area contributed by atoms with Gasteiger partial charge in [-0.2, -0.15) is 5.26 Å². The summed E-state index contributed by atoms with van der Waals surface area (Å²) < 4.78 is 17.2. The Bertz CT molecular complexity index is 923. The predicted octanol–water partition coefficient (Wildman–Crippen LogP) is 1.69. The maximum absolute atomic E-state index is 12.2. The molecule has 0 amide bonds. The van der Waals surface area contributed by atoms with Gasteiger partial charge in [0.2, 0.25) is 0 Å². The highest BCUT2D eigenvalue weighted by Gasteiger charge is 2.26. The number of ketones is 1. The smallest absolute Gasteiger partial charge is 0.357 e. The maximum Gasteiger partial charge on any atom is 0.357 e. The van der Waals surface area contributed by atoms with Crippen LogP contribution in [0.4, 0.5) is 5.69 Å². The van der Waals surface area contributed by atoms with Crippen molar-refractivity contribution in [2.45, 2.75) is 6.92 Å². The van der Waals surface area contributed by atoms with E-state index in [9.17, 15) is 14.9 Å². The van der Waals surface area contributed by atoms with Crippen LogP contribution < -0.4 is 15.2 Å². The minimum atomic E-state index is -0.719. The molecule has 1 aliphatic heterocycles. The fourth-order valence-electron chi connectivity index (χ4n) is 2.66. The molecule has 1 aliphatic rings. The van der Waals surface area contributed by atoms with E-state index in [1.54, 1.807) is 12.1 Å². The van der Waals surface area contributed by atoms with Crippen molar-refractivity contribution < 1.29 is 23.8 Å². The van der Waals surface area contributed by atoms with Crippen molar-refractivity contribution in [3.05, 3.63) is 35.2 Å². The number of esters is 1. The van der Waals surface area contributed by atoms with Crippen molar-refractivity contribution in [1.82, 2.24) is 4.57 Å². The topological polar surface area (TPSA) is 117 Å². The van der Waals surface area contributed by atoms with Crippen LogP contribution >= 0.6 is 0 Å². The highest BCUT2D eigenvalue weighted by atomic mass is 16.6. The van der Waals surface area contributed by atoms with Crippen LogP contribution in [0.1, 0.15) is 33.3 Å². The monoisotopic (exact) mass is 341 g/mol. The number of nitrogen functional groups attached to an aromatic ring is 1. The molecule has 3 rings (SSSR count). The van der Waals surface area contributed by atoms with E-state index in [-0.39, 0.29) is 22.7 Å². The summed E-state index contributed by atoms with van der Waals surface area (Å²) in [5.74, 6) is -0.0785. The number of anilines is 1. The second-order valence-corrected chi connectivity index (χ2v) is 5.35. The highest BCUT2D eigenvalue weighted by molar-refractivity contribution is 6.01. The number of nitrogens with zero attached hydrogens (tertiary/aromatic N) is 2. The summed E-state index contributed by atoms with van der Waals surface area (Å²) in [4.78, 5) is 24.3. The molecule has 1 aromatic heterocycles. The Hall–Kier alpha value is -3.47. The quantitative estimate of drug-likeness (QED) is 0.667. The molecular weight excluding hydrogens is 326 g/mol. The Kier molecular flexibility index (Phi) is 4.07. The SMILES string of the molecule is COC(=O)c1c(N)c(C#N)cn1-c1cc2c(cc1C(C)=O)OCCO2. The fourth-order valence-corrected chi connectivity index (χ4v) is 2.66. The molecule has 0 spiro atoms. The van der Waals surface area contributed by atoms with E-state index >= 15 is 0 Å². The highest BCUT2D eigenvalue weighted by Crippen LogP contribution is 2.37. The third-order valence-electron chi connectivity index (χ3n) is 3.84. The van der Waals surface area contributed by atoms with Crippen molar-refractivity contribution in [2.75, 3.05) is 26.1 Å². The second kappa shape index (κ2) is 6.20. The van der Waals surface area contributed by atoms with Crippen LogP contribution in [0.2, 0.25) is 0 Å². The number of carbonyl (C=O) groups is 2. The number of Topliss-reactive ketones (excluding diaryl/α,β-unsaturated/α-hetero) is 1. The molecule has 0 fully saturated rings. The average Bonchev–Trinajstić information content (AvgIpc) is 2.96. The lowest BCUT2D eigenvalue weighted by Gasteiger charge is -2.21. The molecule has 0 unspecified atom stereocenters. The van der Waals surface area contributed by atoms with Gasteiger partial charge in [0.15, 0.2) is 23.0 Å². The first-order valence-corrected chi connectivity index (χ1v) is 7.42. The number of aromatic nitrogens is 1. The van der Waals surface area contributed by atoms with Crippen molar-refractivity contribution in [1.29, 1.82) is 5.26 Å². The van der Waals surface area contributed by atoms with Gasteiger partial charge < -0.3 is 24.5 Å². The predicted molar refractivity (Wildman–Crippen MR) is 87.2 cm³/mol. The Balaban J connectivity index is 2.31. The zero-order valence-corrected chi connectivity index (χ0v) is 13.7. The molecule has 0 saturated heterocycles. The van der Waals surface area contributed by atoms with E-state index in [1.807, 2.05) is 6.07 Å². The number of carbonyl (C=O) groups excluding carboxylic acids is 2. The fraction of sp³-hybridized carbons (Fsp3) is 0.235.